The predicted molar refractivity (Wildman–Crippen MR) is 115 cm³/mol. The van der Waals surface area contributed by atoms with Crippen molar-refractivity contribution in [2.24, 2.45) is 7.05 Å². The summed E-state index contributed by atoms with van der Waals surface area (Å²) in [4.78, 5) is 22.5. The van der Waals surface area contributed by atoms with Gasteiger partial charge < -0.3 is 19.5 Å². The first-order chi connectivity index (χ1) is 16.2. The average Bonchev–Trinajstić information content (AvgIpc) is 2.76. The van der Waals surface area contributed by atoms with Crippen molar-refractivity contribution >= 4 is 17.6 Å². The quantitative estimate of drug-likeness (QED) is 0.430. The van der Waals surface area contributed by atoms with Crippen molar-refractivity contribution in [2.75, 3.05) is 0 Å². The zero-order valence-corrected chi connectivity index (χ0v) is 18.8. The molecule has 0 bridgehead atoms. The number of hydrogen-bond acceptors (Lipinski definition) is 4. The van der Waals surface area contributed by atoms with Crippen LogP contribution in [-0.4, -0.2) is 26.9 Å². The highest BCUT2D eigenvalue weighted by molar-refractivity contribution is 6.31. The fourth-order valence-electron chi connectivity index (χ4n) is 3.52. The summed E-state index contributed by atoms with van der Waals surface area (Å²) in [6.45, 7) is 0.986. The first-order valence-electron chi connectivity index (χ1n) is 9.82. The third kappa shape index (κ3) is 4.87. The van der Waals surface area contributed by atoms with Crippen LogP contribution in [0.2, 0.25) is 5.02 Å². The van der Waals surface area contributed by atoms with Gasteiger partial charge in [-0.1, -0.05) is 18.5 Å². The van der Waals surface area contributed by atoms with Gasteiger partial charge in [-0.2, -0.15) is 13.2 Å². The Morgan fingerprint density at radius 2 is 1.74 bits per heavy atom. The number of aromatic nitrogens is 1. The maximum absolute atomic E-state index is 14.8. The monoisotopic (exact) mass is 517 g/mol. The molecule has 12 heteroatoms. The Hall–Kier alpha value is -3.44. The summed E-state index contributed by atoms with van der Waals surface area (Å²) < 4.78 is 77.1. The molecule has 1 aromatic heterocycles. The maximum Gasteiger partial charge on any atom is 0.422 e. The van der Waals surface area contributed by atoms with Gasteiger partial charge in [0.1, 0.15) is 11.6 Å². The van der Waals surface area contributed by atoms with Crippen molar-refractivity contribution in [1.82, 2.24) is 4.57 Å². The minimum absolute atomic E-state index is 0.291. The molecule has 35 heavy (non-hydrogen) atoms. The van der Waals surface area contributed by atoms with E-state index in [9.17, 15) is 36.6 Å². The van der Waals surface area contributed by atoms with Gasteiger partial charge in [0, 0.05) is 47.9 Å². The summed E-state index contributed by atoms with van der Waals surface area (Å²) in [5, 5.41) is 19.3. The number of aryl methyl sites for hydroxylation is 1. The number of pyridine rings is 1. The minimum Gasteiger partial charge on any atom is -0.478 e. The van der Waals surface area contributed by atoms with E-state index >= 15 is 0 Å². The lowest BCUT2D eigenvalue weighted by molar-refractivity contribution is -0.274. The van der Waals surface area contributed by atoms with E-state index in [1.54, 1.807) is 0 Å². The number of hydrogen-bond donors (Lipinski definition) is 2. The topological polar surface area (TPSA) is 88.8 Å². The third-order valence-corrected chi connectivity index (χ3v) is 5.83. The molecule has 0 amide bonds. The molecular formula is C23H17ClF5NO5. The molecule has 0 aliphatic carbocycles. The first-order valence-corrected chi connectivity index (χ1v) is 10.2. The van der Waals surface area contributed by atoms with E-state index in [0.717, 1.165) is 48.0 Å². The smallest absolute Gasteiger partial charge is 0.422 e. The van der Waals surface area contributed by atoms with Crippen LogP contribution >= 0.6 is 11.6 Å². The Kier molecular flexibility index (Phi) is 6.96. The summed E-state index contributed by atoms with van der Waals surface area (Å²) in [7, 11) is 1.21. The van der Waals surface area contributed by atoms with E-state index < -0.39 is 68.3 Å². The molecule has 0 spiro atoms. The SMILES string of the molecule is CC(c1cc(F)c(Oc2ccc(C(=O)O)c(F)c2)cc1Cl)C(O)(c1ccc(=O)n(C)c1)C(F)(F)F. The molecule has 0 saturated heterocycles. The zero-order valence-electron chi connectivity index (χ0n) is 18.0. The molecule has 0 aliphatic heterocycles. The molecule has 0 saturated carbocycles. The van der Waals surface area contributed by atoms with Gasteiger partial charge in [-0.05, 0) is 29.8 Å². The van der Waals surface area contributed by atoms with Gasteiger partial charge in [0.25, 0.3) is 0 Å². The normalized spacial score (nSPS) is 14.3. The number of carboxylic acids is 1. The Morgan fingerprint density at radius 1 is 1.09 bits per heavy atom. The number of nitrogens with zero attached hydrogens (tertiary/aromatic N) is 1. The number of carboxylic acid groups (broad SMARTS) is 1. The third-order valence-electron chi connectivity index (χ3n) is 5.50. The zero-order chi connectivity index (χ0) is 26.3. The number of benzene rings is 2. The van der Waals surface area contributed by atoms with E-state index in [4.69, 9.17) is 21.4 Å². The highest BCUT2D eigenvalue weighted by atomic mass is 35.5. The summed E-state index contributed by atoms with van der Waals surface area (Å²) in [5.74, 6) is -6.57. The van der Waals surface area contributed by atoms with Gasteiger partial charge in [-0.25, -0.2) is 13.6 Å². The van der Waals surface area contributed by atoms with Gasteiger partial charge in [0.2, 0.25) is 5.56 Å². The van der Waals surface area contributed by atoms with E-state index in [0.29, 0.717) is 12.1 Å². The largest absolute Gasteiger partial charge is 0.478 e. The van der Waals surface area contributed by atoms with E-state index in [-0.39, 0.29) is 5.75 Å². The van der Waals surface area contributed by atoms with Crippen molar-refractivity contribution < 1.29 is 41.7 Å². The van der Waals surface area contributed by atoms with Gasteiger partial charge in [0.15, 0.2) is 17.2 Å². The molecule has 0 fully saturated rings. The maximum atomic E-state index is 14.8. The Morgan fingerprint density at radius 3 is 2.29 bits per heavy atom. The van der Waals surface area contributed by atoms with Crippen LogP contribution < -0.4 is 10.3 Å². The fourth-order valence-corrected chi connectivity index (χ4v) is 3.83. The predicted octanol–water partition coefficient (Wildman–Crippen LogP) is 5.36. The standard InChI is InChI=1S/C23H17ClF5NO5/c1-11(22(34,23(27,28)29)12-3-6-20(31)30(2)10-12)15-8-18(26)19(9-16(15)24)35-13-4-5-14(21(32)33)17(25)7-13/h3-11,34H,1-2H3,(H,32,33). The van der Waals surface area contributed by atoms with Crippen molar-refractivity contribution in [1.29, 1.82) is 0 Å². The van der Waals surface area contributed by atoms with Gasteiger partial charge in [0.05, 0.1) is 5.56 Å². The summed E-state index contributed by atoms with van der Waals surface area (Å²) in [6, 6.07) is 5.80. The van der Waals surface area contributed by atoms with E-state index in [1.165, 1.54) is 7.05 Å². The molecule has 186 valence electrons. The second-order valence-electron chi connectivity index (χ2n) is 7.71. The number of aromatic carboxylic acids is 1. The average molecular weight is 518 g/mol. The second kappa shape index (κ2) is 9.31. The number of alkyl halides is 3. The van der Waals surface area contributed by atoms with Gasteiger partial charge >= 0.3 is 12.1 Å². The lowest BCUT2D eigenvalue weighted by atomic mass is 9.78. The van der Waals surface area contributed by atoms with Crippen LogP contribution in [0.5, 0.6) is 11.5 Å². The van der Waals surface area contributed by atoms with Crippen molar-refractivity contribution in [3.8, 4) is 11.5 Å². The molecular weight excluding hydrogens is 501 g/mol. The highest BCUT2D eigenvalue weighted by Gasteiger charge is 2.59. The van der Waals surface area contributed by atoms with Gasteiger partial charge in [-0.15, -0.1) is 0 Å². The molecule has 0 aliphatic rings. The summed E-state index contributed by atoms with van der Waals surface area (Å²) in [6.07, 6.45) is -4.42. The number of halogens is 6. The van der Waals surface area contributed by atoms with E-state index in [2.05, 4.69) is 0 Å². The number of ether oxygens (including phenoxy) is 1. The lowest BCUT2D eigenvalue weighted by Crippen LogP contribution is -2.47. The first kappa shape index (κ1) is 26.2. The molecule has 1 heterocycles. The van der Waals surface area contributed by atoms with E-state index in [1.807, 2.05) is 0 Å². The van der Waals surface area contributed by atoms with Crippen LogP contribution in [0, 0.1) is 11.6 Å². The number of carbonyl (C=O) groups is 1. The summed E-state index contributed by atoms with van der Waals surface area (Å²) in [5.41, 5.74) is -5.88. The molecule has 0 radical (unpaired) electrons. The summed E-state index contributed by atoms with van der Waals surface area (Å²) >= 11 is 6.13. The molecule has 2 unspecified atom stereocenters. The molecule has 3 rings (SSSR count). The van der Waals surface area contributed by atoms with Crippen LogP contribution in [0.3, 0.4) is 0 Å². The van der Waals surface area contributed by atoms with Crippen LogP contribution in [0.15, 0.2) is 53.5 Å². The second-order valence-corrected chi connectivity index (χ2v) is 8.11. The minimum atomic E-state index is -5.25. The van der Waals surface area contributed by atoms with Crippen LogP contribution in [0.4, 0.5) is 22.0 Å². The van der Waals surface area contributed by atoms with Crippen molar-refractivity contribution in [3.05, 3.63) is 92.4 Å². The molecule has 3 aromatic rings. The van der Waals surface area contributed by atoms with Crippen molar-refractivity contribution in [3.63, 3.8) is 0 Å². The Bertz CT molecular complexity index is 1360. The van der Waals surface area contributed by atoms with Gasteiger partial charge in [-0.3, -0.25) is 4.79 Å². The molecule has 2 N–H and O–H groups in total. The molecule has 2 aromatic carbocycles. The van der Waals surface area contributed by atoms with Crippen LogP contribution in [-0.2, 0) is 12.6 Å². The van der Waals surface area contributed by atoms with Crippen molar-refractivity contribution in [2.45, 2.75) is 24.6 Å². The number of rotatable bonds is 6. The van der Waals surface area contributed by atoms with Crippen LogP contribution in [0.1, 0.15) is 34.3 Å². The fraction of sp³-hybridized carbons (Fsp3) is 0.217. The highest BCUT2D eigenvalue weighted by Crippen LogP contribution is 2.50. The lowest BCUT2D eigenvalue weighted by Gasteiger charge is -2.37. The Balaban J connectivity index is 2.03. The van der Waals surface area contributed by atoms with Crippen LogP contribution in [0.25, 0.3) is 0 Å². The Labute approximate surface area is 199 Å². The molecule has 2 atom stereocenters. The number of aliphatic hydroxyl groups is 1. The molecule has 6 nitrogen and oxygen atoms in total.